The zero-order valence-electron chi connectivity index (χ0n) is 21.0. The van der Waals surface area contributed by atoms with Gasteiger partial charge in [0.05, 0.1) is 29.7 Å². The van der Waals surface area contributed by atoms with Crippen molar-refractivity contribution in [2.75, 3.05) is 12.3 Å². The molecule has 196 valence electrons. The van der Waals surface area contributed by atoms with Crippen molar-refractivity contribution in [1.82, 2.24) is 19.6 Å². The van der Waals surface area contributed by atoms with Gasteiger partial charge in [0.25, 0.3) is 0 Å². The molecular weight excluding hydrogens is 495 g/mol. The Hall–Kier alpha value is -3.50. The Morgan fingerprint density at radius 1 is 1.11 bits per heavy atom. The molecular formula is C25H31N6O5P. The minimum absolute atomic E-state index is 0.237. The molecule has 0 fully saturated rings. The van der Waals surface area contributed by atoms with Crippen LogP contribution >= 0.6 is 7.75 Å². The summed E-state index contributed by atoms with van der Waals surface area (Å²) >= 11 is 0. The zero-order chi connectivity index (χ0) is 26.6. The number of rotatable bonds is 12. The van der Waals surface area contributed by atoms with Gasteiger partial charge in [-0.2, -0.15) is 5.09 Å². The van der Waals surface area contributed by atoms with Gasteiger partial charge in [0.1, 0.15) is 23.7 Å². The van der Waals surface area contributed by atoms with Gasteiger partial charge in [-0.05, 0) is 39.0 Å². The van der Waals surface area contributed by atoms with E-state index in [2.05, 4.69) is 10.1 Å². The van der Waals surface area contributed by atoms with Gasteiger partial charge in [-0.25, -0.2) is 14.5 Å². The third-order valence-corrected chi connectivity index (χ3v) is 7.42. The average Bonchev–Trinajstić information content (AvgIpc) is 3.21. The molecule has 0 aliphatic heterocycles. The molecule has 37 heavy (non-hydrogen) atoms. The molecule has 0 spiro atoms. The Bertz CT molecular complexity index is 1440. The van der Waals surface area contributed by atoms with E-state index in [1.807, 2.05) is 35.8 Å². The number of primary amides is 1. The van der Waals surface area contributed by atoms with Crippen LogP contribution in [0.5, 0.6) is 5.75 Å². The van der Waals surface area contributed by atoms with Gasteiger partial charge in [-0.15, -0.1) is 0 Å². The molecule has 0 saturated carbocycles. The molecule has 12 heteroatoms. The van der Waals surface area contributed by atoms with Crippen LogP contribution in [-0.2, 0) is 31.8 Å². The van der Waals surface area contributed by atoms with Crippen LogP contribution in [0.3, 0.4) is 0 Å². The van der Waals surface area contributed by atoms with E-state index < -0.39 is 25.8 Å². The first-order chi connectivity index (χ1) is 17.7. The largest absolute Gasteiger partial charge is 0.459 e. The monoisotopic (exact) mass is 526 g/mol. The number of anilines is 1. The highest BCUT2D eigenvalue weighted by atomic mass is 31.2. The normalized spacial score (nSPS) is 14.9. The highest BCUT2D eigenvalue weighted by Gasteiger charge is 2.33. The van der Waals surface area contributed by atoms with Crippen molar-refractivity contribution in [3.05, 3.63) is 60.4 Å². The maximum atomic E-state index is 13.8. The number of imidazole rings is 1. The van der Waals surface area contributed by atoms with Gasteiger partial charge in [0.2, 0.25) is 5.91 Å². The second-order valence-electron chi connectivity index (χ2n) is 8.56. The summed E-state index contributed by atoms with van der Waals surface area (Å²) in [7, 11) is -4.03. The number of carbonyl (C=O) groups is 1. The van der Waals surface area contributed by atoms with Crippen molar-refractivity contribution in [1.29, 1.82) is 0 Å². The van der Waals surface area contributed by atoms with E-state index in [4.69, 9.17) is 30.2 Å². The molecule has 4 aromatic rings. The van der Waals surface area contributed by atoms with Crippen LogP contribution in [-0.4, -0.2) is 39.2 Å². The number of para-hydroxylation sites is 2. The van der Waals surface area contributed by atoms with Crippen molar-refractivity contribution in [2.24, 2.45) is 5.73 Å². The minimum atomic E-state index is -4.03. The molecule has 0 unspecified atom stereocenters. The number of nitrogens with two attached hydrogens (primary N) is 2. The SMILES string of the molecule is CCOCc1nc2c(N)nc3ccccc3c2n1C[C@H](C)O[P@](=O)(N[C@@H](C)C(N)=O)Oc1ccccc1. The van der Waals surface area contributed by atoms with Crippen molar-refractivity contribution in [3.63, 3.8) is 0 Å². The summed E-state index contributed by atoms with van der Waals surface area (Å²) in [5, 5.41) is 3.49. The number of carbonyl (C=O) groups excluding carboxylic acids is 1. The van der Waals surface area contributed by atoms with Crippen LogP contribution in [0.25, 0.3) is 21.9 Å². The third kappa shape index (κ3) is 6.08. The van der Waals surface area contributed by atoms with E-state index >= 15 is 0 Å². The Kier molecular flexibility index (Phi) is 8.09. The summed E-state index contributed by atoms with van der Waals surface area (Å²) in [5.41, 5.74) is 13.7. The predicted octanol–water partition coefficient (Wildman–Crippen LogP) is 3.76. The fourth-order valence-electron chi connectivity index (χ4n) is 3.93. The molecule has 2 heterocycles. The number of hydrogen-bond acceptors (Lipinski definition) is 8. The number of ether oxygens (including phenoxy) is 1. The average molecular weight is 527 g/mol. The molecule has 1 amide bonds. The van der Waals surface area contributed by atoms with E-state index in [1.165, 1.54) is 6.92 Å². The number of nitrogens with one attached hydrogen (secondary N) is 1. The maximum Gasteiger partial charge on any atom is 0.459 e. The molecule has 5 N–H and O–H groups in total. The molecule has 0 saturated heterocycles. The molecule has 11 nitrogen and oxygen atoms in total. The first-order valence-corrected chi connectivity index (χ1v) is 13.5. The van der Waals surface area contributed by atoms with Crippen molar-refractivity contribution < 1.29 is 23.1 Å². The van der Waals surface area contributed by atoms with Gasteiger partial charge in [0, 0.05) is 12.0 Å². The Morgan fingerprint density at radius 3 is 2.51 bits per heavy atom. The summed E-state index contributed by atoms with van der Waals surface area (Å²) in [4.78, 5) is 20.9. The smallest absolute Gasteiger partial charge is 0.413 e. The standard InChI is InChI=1S/C25H31N6O5P/c1-4-34-15-21-29-22-23(19-12-8-9-13-20(19)28-24(22)26)31(21)14-16(2)35-37(33,30-17(3)25(27)32)36-18-10-6-5-7-11-18/h5-13,16-17H,4,14-15H2,1-3H3,(H2,26,28)(H2,27,32)(H,30,33)/t16-,17-,37+/m0/s1. The topological polar surface area (TPSA) is 157 Å². The van der Waals surface area contributed by atoms with E-state index in [9.17, 15) is 9.36 Å². The van der Waals surface area contributed by atoms with Crippen LogP contribution in [0.15, 0.2) is 54.6 Å². The van der Waals surface area contributed by atoms with Gasteiger partial charge >= 0.3 is 7.75 Å². The number of benzene rings is 2. The molecule has 0 aliphatic carbocycles. The molecule has 0 bridgehead atoms. The number of pyridine rings is 1. The van der Waals surface area contributed by atoms with Crippen LogP contribution in [0.1, 0.15) is 26.6 Å². The quantitative estimate of drug-likeness (QED) is 0.234. The lowest BCUT2D eigenvalue weighted by Gasteiger charge is -2.26. The predicted molar refractivity (Wildman–Crippen MR) is 142 cm³/mol. The lowest BCUT2D eigenvalue weighted by atomic mass is 10.2. The number of amides is 1. The van der Waals surface area contributed by atoms with Crippen LogP contribution in [0, 0.1) is 0 Å². The van der Waals surface area contributed by atoms with Gasteiger partial charge in [-0.1, -0.05) is 36.4 Å². The van der Waals surface area contributed by atoms with Gasteiger partial charge in [0.15, 0.2) is 5.82 Å². The van der Waals surface area contributed by atoms with E-state index in [0.717, 1.165) is 16.4 Å². The van der Waals surface area contributed by atoms with E-state index in [-0.39, 0.29) is 13.2 Å². The lowest BCUT2D eigenvalue weighted by molar-refractivity contribution is -0.119. The molecule has 3 atom stereocenters. The summed E-state index contributed by atoms with van der Waals surface area (Å²) < 4.78 is 33.0. The first-order valence-electron chi connectivity index (χ1n) is 11.9. The van der Waals surface area contributed by atoms with Gasteiger partial charge < -0.3 is 25.3 Å². The Labute approximate surface area is 214 Å². The fraction of sp³-hybridized carbons (Fsp3) is 0.320. The maximum absolute atomic E-state index is 13.8. The summed E-state index contributed by atoms with van der Waals surface area (Å²) in [6.07, 6.45) is -0.659. The Balaban J connectivity index is 1.71. The van der Waals surface area contributed by atoms with Crippen molar-refractivity contribution in [3.8, 4) is 5.75 Å². The highest BCUT2D eigenvalue weighted by molar-refractivity contribution is 7.52. The lowest BCUT2D eigenvalue weighted by Crippen LogP contribution is -2.39. The molecule has 2 aromatic carbocycles. The molecule has 0 aliphatic rings. The third-order valence-electron chi connectivity index (χ3n) is 5.63. The number of fused-ring (bicyclic) bond motifs is 3. The van der Waals surface area contributed by atoms with Crippen LogP contribution in [0.2, 0.25) is 0 Å². The Morgan fingerprint density at radius 2 is 1.81 bits per heavy atom. The van der Waals surface area contributed by atoms with E-state index in [0.29, 0.717) is 29.5 Å². The summed E-state index contributed by atoms with van der Waals surface area (Å²) in [6.45, 7) is 6.11. The van der Waals surface area contributed by atoms with Crippen LogP contribution < -0.4 is 21.1 Å². The summed E-state index contributed by atoms with van der Waals surface area (Å²) in [6, 6.07) is 15.2. The van der Waals surface area contributed by atoms with Crippen molar-refractivity contribution in [2.45, 2.75) is 46.1 Å². The molecule has 4 rings (SSSR count). The summed E-state index contributed by atoms with van der Waals surface area (Å²) in [5.74, 6) is 0.544. The van der Waals surface area contributed by atoms with Gasteiger partial charge in [-0.3, -0.25) is 9.32 Å². The number of nitrogen functional groups attached to an aromatic ring is 1. The number of aromatic nitrogens is 3. The second kappa shape index (κ2) is 11.3. The highest BCUT2D eigenvalue weighted by Crippen LogP contribution is 2.46. The minimum Gasteiger partial charge on any atom is -0.413 e. The van der Waals surface area contributed by atoms with E-state index in [1.54, 1.807) is 37.3 Å². The van der Waals surface area contributed by atoms with Crippen LogP contribution in [0.4, 0.5) is 5.82 Å². The number of nitrogens with zero attached hydrogens (tertiary/aromatic N) is 3. The second-order valence-corrected chi connectivity index (χ2v) is 10.2. The molecule has 0 radical (unpaired) electrons. The fourth-order valence-corrected chi connectivity index (χ4v) is 5.63. The number of hydrogen-bond donors (Lipinski definition) is 3. The van der Waals surface area contributed by atoms with Crippen molar-refractivity contribution >= 4 is 41.4 Å². The first kappa shape index (κ1) is 26.6. The zero-order valence-corrected chi connectivity index (χ0v) is 21.9. The molecule has 2 aromatic heterocycles.